The van der Waals surface area contributed by atoms with Crippen molar-refractivity contribution in [3.63, 3.8) is 0 Å². The summed E-state index contributed by atoms with van der Waals surface area (Å²) >= 11 is 5.83. The molecular formula is C13H8ClFN4O. The average Bonchev–Trinajstić information content (AvgIpc) is 2.85. The normalized spacial score (nSPS) is 10.7. The first-order chi connectivity index (χ1) is 9.63. The number of nitrogens with zero attached hydrogens (tertiary/aromatic N) is 3. The summed E-state index contributed by atoms with van der Waals surface area (Å²) in [7, 11) is 0. The van der Waals surface area contributed by atoms with Crippen LogP contribution >= 0.6 is 11.6 Å². The van der Waals surface area contributed by atoms with Gasteiger partial charge in [-0.2, -0.15) is 5.10 Å². The third-order valence-electron chi connectivity index (χ3n) is 2.68. The molecule has 0 saturated carbocycles. The maximum atomic E-state index is 12.9. The number of nitrogens with one attached hydrogen (secondary N) is 1. The largest absolute Gasteiger partial charge is 0.319 e. The van der Waals surface area contributed by atoms with Gasteiger partial charge in [-0.05, 0) is 18.2 Å². The van der Waals surface area contributed by atoms with Crippen LogP contribution in [0.1, 0.15) is 10.4 Å². The molecule has 0 spiro atoms. The van der Waals surface area contributed by atoms with E-state index in [1.165, 1.54) is 22.8 Å². The van der Waals surface area contributed by atoms with E-state index >= 15 is 0 Å². The highest BCUT2D eigenvalue weighted by Crippen LogP contribution is 2.18. The van der Waals surface area contributed by atoms with Crippen LogP contribution in [0.2, 0.25) is 5.02 Å². The van der Waals surface area contributed by atoms with E-state index in [-0.39, 0.29) is 10.6 Å². The van der Waals surface area contributed by atoms with Crippen LogP contribution in [0.15, 0.2) is 42.9 Å². The molecule has 5 nitrogen and oxygen atoms in total. The molecule has 2 heterocycles. The molecule has 100 valence electrons. The molecule has 20 heavy (non-hydrogen) atoms. The minimum absolute atomic E-state index is 0.0515. The molecule has 0 atom stereocenters. The van der Waals surface area contributed by atoms with Crippen LogP contribution in [-0.2, 0) is 0 Å². The molecule has 0 fully saturated rings. The molecule has 1 aromatic carbocycles. The van der Waals surface area contributed by atoms with Crippen molar-refractivity contribution in [2.24, 2.45) is 0 Å². The van der Waals surface area contributed by atoms with Crippen molar-refractivity contribution in [2.75, 3.05) is 5.32 Å². The smallest absolute Gasteiger partial charge is 0.257 e. The Kier molecular flexibility index (Phi) is 3.08. The van der Waals surface area contributed by atoms with Gasteiger partial charge in [-0.3, -0.25) is 4.79 Å². The fourth-order valence-electron chi connectivity index (χ4n) is 1.75. The number of amides is 1. The van der Waals surface area contributed by atoms with Crippen molar-refractivity contribution in [2.45, 2.75) is 0 Å². The van der Waals surface area contributed by atoms with Gasteiger partial charge in [0.1, 0.15) is 5.82 Å². The van der Waals surface area contributed by atoms with Crippen molar-refractivity contribution in [1.29, 1.82) is 0 Å². The topological polar surface area (TPSA) is 59.3 Å². The van der Waals surface area contributed by atoms with Crippen molar-refractivity contribution in [1.82, 2.24) is 14.6 Å². The van der Waals surface area contributed by atoms with Gasteiger partial charge in [0.2, 0.25) is 0 Å². The number of halogens is 2. The van der Waals surface area contributed by atoms with Gasteiger partial charge in [0, 0.05) is 6.07 Å². The molecule has 0 bridgehead atoms. The van der Waals surface area contributed by atoms with Crippen LogP contribution in [-0.4, -0.2) is 20.5 Å². The fourth-order valence-corrected chi connectivity index (χ4v) is 2.00. The van der Waals surface area contributed by atoms with Crippen LogP contribution in [0, 0.1) is 5.82 Å². The number of carbonyl (C=O) groups is 1. The minimum atomic E-state index is -0.494. The molecule has 7 heteroatoms. The molecule has 2 aromatic heterocycles. The zero-order chi connectivity index (χ0) is 14.1. The lowest BCUT2D eigenvalue weighted by Gasteiger charge is -2.06. The molecule has 0 unspecified atom stereocenters. The third kappa shape index (κ3) is 2.33. The summed E-state index contributed by atoms with van der Waals surface area (Å²) in [4.78, 5) is 16.2. The highest BCUT2D eigenvalue weighted by Gasteiger charge is 2.12. The number of hydrogen-bond donors (Lipinski definition) is 1. The average molecular weight is 291 g/mol. The molecule has 3 aromatic rings. The zero-order valence-corrected chi connectivity index (χ0v) is 10.8. The second-order valence-electron chi connectivity index (χ2n) is 4.05. The molecule has 0 aliphatic carbocycles. The Morgan fingerprint density at radius 3 is 3.00 bits per heavy atom. The lowest BCUT2D eigenvalue weighted by molar-refractivity contribution is 0.102. The minimum Gasteiger partial charge on any atom is -0.319 e. The second-order valence-corrected chi connectivity index (χ2v) is 4.46. The van der Waals surface area contributed by atoms with Crippen molar-refractivity contribution < 1.29 is 9.18 Å². The molecule has 1 amide bonds. The second kappa shape index (κ2) is 4.90. The molecule has 1 N–H and O–H groups in total. The molecule has 0 saturated heterocycles. The highest BCUT2D eigenvalue weighted by molar-refractivity contribution is 6.34. The van der Waals surface area contributed by atoms with Gasteiger partial charge in [0.05, 0.1) is 34.9 Å². The number of anilines is 1. The summed E-state index contributed by atoms with van der Waals surface area (Å²) in [6.07, 6.45) is 4.73. The number of rotatable bonds is 2. The first kappa shape index (κ1) is 12.6. The van der Waals surface area contributed by atoms with E-state index in [1.807, 2.05) is 0 Å². The van der Waals surface area contributed by atoms with Crippen molar-refractivity contribution >= 4 is 28.8 Å². The fraction of sp³-hybridized carbons (Fsp3) is 0. The summed E-state index contributed by atoms with van der Waals surface area (Å²) in [5.74, 6) is -0.936. The Labute approximate surface area is 118 Å². The van der Waals surface area contributed by atoms with Crippen LogP contribution in [0.3, 0.4) is 0 Å². The monoisotopic (exact) mass is 290 g/mol. The number of hydrogen-bond acceptors (Lipinski definition) is 3. The van der Waals surface area contributed by atoms with Gasteiger partial charge in [-0.15, -0.1) is 0 Å². The van der Waals surface area contributed by atoms with Gasteiger partial charge < -0.3 is 5.32 Å². The summed E-state index contributed by atoms with van der Waals surface area (Å²) in [6.45, 7) is 0. The van der Waals surface area contributed by atoms with Crippen LogP contribution < -0.4 is 5.32 Å². The number of carbonyl (C=O) groups excluding carboxylic acids is 1. The van der Waals surface area contributed by atoms with Crippen LogP contribution in [0.25, 0.3) is 5.65 Å². The Morgan fingerprint density at radius 2 is 2.20 bits per heavy atom. The summed E-state index contributed by atoms with van der Waals surface area (Å²) in [5, 5.41) is 6.70. The number of benzene rings is 1. The third-order valence-corrected chi connectivity index (χ3v) is 2.99. The lowest BCUT2D eigenvalue weighted by Crippen LogP contribution is -2.13. The Hall–Kier alpha value is -2.47. The molecular weight excluding hydrogens is 283 g/mol. The van der Waals surface area contributed by atoms with Crippen molar-refractivity contribution in [3.8, 4) is 0 Å². The standard InChI is InChI=1S/C13H8ClFN4O/c14-11-5-8(15)1-2-10(11)13(20)18-9-6-16-12-3-4-17-19(12)7-9/h1-7H,(H,18,20). The first-order valence-corrected chi connectivity index (χ1v) is 6.07. The Morgan fingerprint density at radius 1 is 1.35 bits per heavy atom. The van der Waals surface area contributed by atoms with Crippen molar-refractivity contribution in [3.05, 3.63) is 59.3 Å². The maximum Gasteiger partial charge on any atom is 0.257 e. The van der Waals surface area contributed by atoms with E-state index in [2.05, 4.69) is 15.4 Å². The summed E-state index contributed by atoms with van der Waals surface area (Å²) in [5.41, 5.74) is 1.32. The first-order valence-electron chi connectivity index (χ1n) is 5.69. The van der Waals surface area contributed by atoms with Gasteiger partial charge in [-0.1, -0.05) is 11.6 Å². The van der Waals surface area contributed by atoms with Gasteiger partial charge in [0.15, 0.2) is 5.65 Å². The van der Waals surface area contributed by atoms with Gasteiger partial charge in [-0.25, -0.2) is 13.9 Å². The van der Waals surface area contributed by atoms with Gasteiger partial charge in [0.25, 0.3) is 5.91 Å². The van der Waals surface area contributed by atoms with Crippen LogP contribution in [0.4, 0.5) is 10.1 Å². The molecule has 3 rings (SSSR count). The molecule has 0 aliphatic rings. The van der Waals surface area contributed by atoms with E-state index in [4.69, 9.17) is 11.6 Å². The lowest BCUT2D eigenvalue weighted by atomic mass is 10.2. The Balaban J connectivity index is 1.87. The highest BCUT2D eigenvalue weighted by atomic mass is 35.5. The molecule has 0 aliphatic heterocycles. The maximum absolute atomic E-state index is 12.9. The zero-order valence-electron chi connectivity index (χ0n) is 10.0. The van der Waals surface area contributed by atoms with E-state index in [0.29, 0.717) is 11.3 Å². The number of aromatic nitrogens is 3. The van der Waals surface area contributed by atoms with Gasteiger partial charge >= 0.3 is 0 Å². The van der Waals surface area contributed by atoms with Crippen LogP contribution in [0.5, 0.6) is 0 Å². The van der Waals surface area contributed by atoms with E-state index in [9.17, 15) is 9.18 Å². The Bertz CT molecular complexity index is 802. The summed E-state index contributed by atoms with van der Waals surface area (Å²) < 4.78 is 14.5. The number of fused-ring (bicyclic) bond motifs is 1. The predicted octanol–water partition coefficient (Wildman–Crippen LogP) is 2.77. The van der Waals surface area contributed by atoms with E-state index < -0.39 is 11.7 Å². The SMILES string of the molecule is O=C(Nc1cnc2ccnn2c1)c1ccc(F)cc1Cl. The quantitative estimate of drug-likeness (QED) is 0.789. The summed E-state index contributed by atoms with van der Waals surface area (Å²) in [6, 6.07) is 5.33. The molecule has 0 radical (unpaired) electrons. The van der Waals surface area contributed by atoms with E-state index in [1.54, 1.807) is 18.5 Å². The predicted molar refractivity (Wildman–Crippen MR) is 72.4 cm³/mol. The van der Waals surface area contributed by atoms with E-state index in [0.717, 1.165) is 6.07 Å².